The zero-order valence-electron chi connectivity index (χ0n) is 23.0. The quantitative estimate of drug-likeness (QED) is 0.119. The Kier molecular flexibility index (Phi) is 9.71. The third-order valence-corrected chi connectivity index (χ3v) is 9.08. The number of carboxylic acid groups (broad SMARTS) is 1. The summed E-state index contributed by atoms with van der Waals surface area (Å²) in [6, 6.07) is 17.6. The van der Waals surface area contributed by atoms with Crippen LogP contribution in [0.1, 0.15) is 30.4 Å². The van der Waals surface area contributed by atoms with Gasteiger partial charge in [0.2, 0.25) is 15.9 Å². The van der Waals surface area contributed by atoms with Crippen LogP contribution in [0.5, 0.6) is 0 Å². The number of benzene rings is 3. The van der Waals surface area contributed by atoms with Gasteiger partial charge in [-0.1, -0.05) is 48.5 Å². The second-order valence-corrected chi connectivity index (χ2v) is 12.2. The average molecular weight is 594 g/mol. The predicted molar refractivity (Wildman–Crippen MR) is 158 cm³/mol. The lowest BCUT2D eigenvalue weighted by Crippen LogP contribution is -2.52. The molecule has 1 fully saturated rings. The number of nitrogen functional groups attached to an aromatic ring is 1. The van der Waals surface area contributed by atoms with E-state index in [-0.39, 0.29) is 56.0 Å². The number of ketones is 1. The van der Waals surface area contributed by atoms with E-state index in [0.29, 0.717) is 11.1 Å². The van der Waals surface area contributed by atoms with Crippen LogP contribution < -0.4 is 16.2 Å². The molecule has 0 bridgehead atoms. The van der Waals surface area contributed by atoms with E-state index in [4.69, 9.17) is 16.9 Å². The number of rotatable bonds is 12. The number of nitrogens with one attached hydrogen (secondary N) is 2. The van der Waals surface area contributed by atoms with E-state index < -0.39 is 45.6 Å². The number of hydrogen-bond donors (Lipinski definition) is 5. The SMILES string of the molecule is N=C(N)c1cccc(C[C@H](NS(=O)(=O)c2ccc3ccccc3c2)C(=O)N2CCC(C(=O)C(CCN)C(=O)O)CC2)c1. The minimum atomic E-state index is -4.13. The summed E-state index contributed by atoms with van der Waals surface area (Å²) in [5.41, 5.74) is 12.2. The van der Waals surface area contributed by atoms with Crippen molar-refractivity contribution in [3.05, 3.63) is 77.9 Å². The zero-order valence-corrected chi connectivity index (χ0v) is 23.8. The van der Waals surface area contributed by atoms with Gasteiger partial charge in [-0.2, -0.15) is 4.72 Å². The molecule has 0 radical (unpaired) electrons. The Morgan fingerprint density at radius 1 is 1.00 bits per heavy atom. The highest BCUT2D eigenvalue weighted by atomic mass is 32.2. The third kappa shape index (κ3) is 7.19. The number of amidine groups is 1. The fourth-order valence-corrected chi connectivity index (χ4v) is 6.54. The number of Topliss-reactive ketones (excluding diaryl/α,β-unsaturated/α-hetero) is 1. The van der Waals surface area contributed by atoms with E-state index in [1.807, 2.05) is 18.2 Å². The predicted octanol–water partition coefficient (Wildman–Crippen LogP) is 1.87. The van der Waals surface area contributed by atoms with Gasteiger partial charge in [0, 0.05) is 24.6 Å². The molecular formula is C30H35N5O6S. The summed E-state index contributed by atoms with van der Waals surface area (Å²) in [6.45, 7) is 0.418. The lowest BCUT2D eigenvalue weighted by atomic mass is 9.84. The van der Waals surface area contributed by atoms with Gasteiger partial charge in [-0.05, 0) is 66.8 Å². The van der Waals surface area contributed by atoms with E-state index in [1.54, 1.807) is 42.5 Å². The maximum Gasteiger partial charge on any atom is 0.314 e. The number of hydrogen-bond acceptors (Lipinski definition) is 7. The van der Waals surface area contributed by atoms with Crippen molar-refractivity contribution < 1.29 is 27.9 Å². The molecule has 0 aromatic heterocycles. The highest BCUT2D eigenvalue weighted by Crippen LogP contribution is 2.25. The van der Waals surface area contributed by atoms with Crippen LogP contribution in [-0.4, -0.2) is 67.6 Å². The summed E-state index contributed by atoms with van der Waals surface area (Å²) in [5, 5.41) is 18.8. The number of carboxylic acids is 1. The minimum Gasteiger partial charge on any atom is -0.481 e. The molecule has 2 atom stereocenters. The Balaban J connectivity index is 1.56. The molecule has 1 aliphatic heterocycles. The van der Waals surface area contributed by atoms with Gasteiger partial charge in [0.15, 0.2) is 0 Å². The Hall–Kier alpha value is -4.13. The number of likely N-dealkylation sites (tertiary alicyclic amines) is 1. The zero-order chi connectivity index (χ0) is 30.4. The molecule has 1 unspecified atom stereocenters. The monoisotopic (exact) mass is 593 g/mol. The normalized spacial score (nSPS) is 15.7. The summed E-state index contributed by atoms with van der Waals surface area (Å²) < 4.78 is 29.7. The van der Waals surface area contributed by atoms with Gasteiger partial charge < -0.3 is 21.5 Å². The summed E-state index contributed by atoms with van der Waals surface area (Å²) in [7, 11) is -4.13. The summed E-state index contributed by atoms with van der Waals surface area (Å²) in [5.74, 6) is -3.93. The number of sulfonamides is 1. The number of amides is 1. The first-order valence-corrected chi connectivity index (χ1v) is 15.2. The van der Waals surface area contributed by atoms with Gasteiger partial charge in [0.25, 0.3) is 0 Å². The number of piperidine rings is 1. The molecule has 1 amide bonds. The lowest BCUT2D eigenvalue weighted by molar-refractivity contribution is -0.149. The van der Waals surface area contributed by atoms with Crippen LogP contribution in [0.4, 0.5) is 0 Å². The van der Waals surface area contributed by atoms with Crippen molar-refractivity contribution in [3.63, 3.8) is 0 Å². The molecule has 42 heavy (non-hydrogen) atoms. The maximum absolute atomic E-state index is 13.8. The Bertz CT molecular complexity index is 1600. The number of nitrogens with two attached hydrogens (primary N) is 2. The van der Waals surface area contributed by atoms with Gasteiger partial charge >= 0.3 is 5.97 Å². The highest BCUT2D eigenvalue weighted by molar-refractivity contribution is 7.89. The van der Waals surface area contributed by atoms with Crippen LogP contribution >= 0.6 is 0 Å². The molecule has 0 saturated carbocycles. The molecule has 1 aliphatic rings. The van der Waals surface area contributed by atoms with Crippen LogP contribution in [0, 0.1) is 17.2 Å². The average Bonchev–Trinajstić information content (AvgIpc) is 2.98. The number of fused-ring (bicyclic) bond motifs is 1. The topological polar surface area (TPSA) is 197 Å². The Morgan fingerprint density at radius 3 is 2.33 bits per heavy atom. The minimum absolute atomic E-state index is 0.00319. The van der Waals surface area contributed by atoms with Crippen molar-refractivity contribution in [1.82, 2.24) is 9.62 Å². The number of aliphatic carboxylic acids is 1. The molecule has 0 aliphatic carbocycles. The lowest BCUT2D eigenvalue weighted by Gasteiger charge is -2.34. The second kappa shape index (κ2) is 13.2. The number of carbonyl (C=O) groups excluding carboxylic acids is 2. The largest absolute Gasteiger partial charge is 0.481 e. The fraction of sp³-hybridized carbons (Fsp3) is 0.333. The van der Waals surface area contributed by atoms with Crippen LogP contribution in [0.25, 0.3) is 10.8 Å². The van der Waals surface area contributed by atoms with E-state index >= 15 is 0 Å². The van der Waals surface area contributed by atoms with E-state index in [0.717, 1.165) is 10.8 Å². The van der Waals surface area contributed by atoms with Crippen molar-refractivity contribution in [1.29, 1.82) is 5.41 Å². The smallest absolute Gasteiger partial charge is 0.314 e. The summed E-state index contributed by atoms with van der Waals surface area (Å²) in [6.07, 6.45) is 0.584. The van der Waals surface area contributed by atoms with Crippen LogP contribution in [-0.2, 0) is 30.8 Å². The van der Waals surface area contributed by atoms with Crippen LogP contribution in [0.15, 0.2) is 71.6 Å². The van der Waals surface area contributed by atoms with Gasteiger partial charge in [-0.3, -0.25) is 19.8 Å². The highest BCUT2D eigenvalue weighted by Gasteiger charge is 2.37. The Morgan fingerprint density at radius 2 is 1.69 bits per heavy atom. The van der Waals surface area contributed by atoms with Gasteiger partial charge in [-0.15, -0.1) is 0 Å². The van der Waals surface area contributed by atoms with E-state index in [2.05, 4.69) is 4.72 Å². The first kappa shape index (κ1) is 30.8. The molecule has 1 saturated heterocycles. The molecule has 1 heterocycles. The van der Waals surface area contributed by atoms with Gasteiger partial charge in [-0.25, -0.2) is 8.42 Å². The van der Waals surface area contributed by atoms with Gasteiger partial charge in [0.05, 0.1) is 4.90 Å². The molecule has 12 heteroatoms. The summed E-state index contributed by atoms with van der Waals surface area (Å²) in [4.78, 5) is 39.7. The van der Waals surface area contributed by atoms with Crippen molar-refractivity contribution in [2.45, 2.75) is 36.6 Å². The standard InChI is InChI=1S/C30H35N5O6S/c31-13-10-25(30(38)39)27(36)21-11-14-35(15-12-21)29(37)26(17-19-4-3-7-23(16-19)28(32)33)34-42(40,41)24-9-8-20-5-1-2-6-22(20)18-24/h1-9,16,18,21,25-26,34H,10-15,17,31H2,(H3,32,33)(H,38,39)/t25?,26-/m0/s1. The summed E-state index contributed by atoms with van der Waals surface area (Å²) >= 11 is 0. The molecular weight excluding hydrogens is 558 g/mol. The molecule has 7 N–H and O–H groups in total. The number of carbonyl (C=O) groups is 3. The molecule has 0 spiro atoms. The van der Waals surface area contributed by atoms with E-state index in [9.17, 15) is 27.9 Å². The third-order valence-electron chi connectivity index (χ3n) is 7.61. The van der Waals surface area contributed by atoms with E-state index in [1.165, 1.54) is 11.0 Å². The first-order valence-electron chi connectivity index (χ1n) is 13.7. The number of nitrogens with zero attached hydrogens (tertiary/aromatic N) is 1. The van der Waals surface area contributed by atoms with Crippen LogP contribution in [0.3, 0.4) is 0 Å². The molecule has 3 aromatic rings. The van der Waals surface area contributed by atoms with Crippen molar-refractivity contribution in [2.75, 3.05) is 19.6 Å². The second-order valence-electron chi connectivity index (χ2n) is 10.5. The molecule has 222 valence electrons. The van der Waals surface area contributed by atoms with Crippen molar-refractivity contribution in [3.8, 4) is 0 Å². The van der Waals surface area contributed by atoms with Gasteiger partial charge in [0.1, 0.15) is 23.6 Å². The Labute approximate surface area is 244 Å². The van der Waals surface area contributed by atoms with Crippen molar-refractivity contribution in [2.24, 2.45) is 23.3 Å². The molecule has 4 rings (SSSR count). The fourth-order valence-electron chi connectivity index (χ4n) is 5.31. The maximum atomic E-state index is 13.8. The molecule has 3 aromatic carbocycles. The van der Waals surface area contributed by atoms with Crippen LogP contribution in [0.2, 0.25) is 0 Å². The van der Waals surface area contributed by atoms with Crippen molar-refractivity contribution >= 4 is 44.3 Å². The first-order chi connectivity index (χ1) is 20.0. The molecule has 11 nitrogen and oxygen atoms in total.